The lowest BCUT2D eigenvalue weighted by Gasteiger charge is -2.30. The van der Waals surface area contributed by atoms with Crippen molar-refractivity contribution in [1.29, 1.82) is 0 Å². The van der Waals surface area contributed by atoms with Crippen LogP contribution in [0.1, 0.15) is 30.2 Å². The Morgan fingerprint density at radius 2 is 2.22 bits per heavy atom. The molecule has 1 fully saturated rings. The number of aromatic nitrogens is 2. The van der Waals surface area contributed by atoms with Gasteiger partial charge in [-0.2, -0.15) is 4.98 Å². The lowest BCUT2D eigenvalue weighted by Crippen LogP contribution is -2.44. The van der Waals surface area contributed by atoms with E-state index in [1.807, 2.05) is 25.1 Å². The van der Waals surface area contributed by atoms with Crippen LogP contribution in [0.3, 0.4) is 0 Å². The first-order valence-electron chi connectivity index (χ1n) is 8.55. The van der Waals surface area contributed by atoms with E-state index in [4.69, 9.17) is 25.6 Å². The summed E-state index contributed by atoms with van der Waals surface area (Å²) in [6.45, 7) is 5.15. The van der Waals surface area contributed by atoms with Gasteiger partial charge in [0.25, 0.3) is 5.89 Å². The van der Waals surface area contributed by atoms with Crippen LogP contribution in [0.15, 0.2) is 16.7 Å². The number of nitrogens with one attached hydrogen (secondary N) is 1. The highest BCUT2D eigenvalue weighted by Crippen LogP contribution is 2.36. The van der Waals surface area contributed by atoms with Crippen molar-refractivity contribution in [3.8, 4) is 11.5 Å². The molecule has 1 aliphatic heterocycles. The molecule has 1 aliphatic rings. The number of nitrogens with zero attached hydrogens (tertiary/aromatic N) is 3. The molecule has 0 spiro atoms. The Morgan fingerprint density at radius 3 is 2.93 bits per heavy atom. The van der Waals surface area contributed by atoms with Crippen LogP contribution in [-0.2, 0) is 0 Å². The largest absolute Gasteiger partial charge is 0.493 e. The lowest BCUT2D eigenvalue weighted by molar-refractivity contribution is 0.190. The molecule has 9 heteroatoms. The van der Waals surface area contributed by atoms with Crippen molar-refractivity contribution < 1.29 is 14.0 Å². The second-order valence-electron chi connectivity index (χ2n) is 5.99. The molecular formula is C18H24Cl2N4O3. The minimum atomic E-state index is 0. The van der Waals surface area contributed by atoms with Gasteiger partial charge >= 0.3 is 0 Å². The number of halogens is 2. The summed E-state index contributed by atoms with van der Waals surface area (Å²) in [6.07, 6.45) is 3.61. The molecule has 0 saturated carbocycles. The van der Waals surface area contributed by atoms with Gasteiger partial charge in [0.15, 0.2) is 17.3 Å². The second kappa shape index (κ2) is 9.94. The maximum Gasteiger partial charge on any atom is 0.250 e. The van der Waals surface area contributed by atoms with Gasteiger partial charge in [-0.05, 0) is 37.7 Å². The Hall–Kier alpha value is -1.80. The molecule has 1 unspecified atom stereocenters. The highest BCUT2D eigenvalue weighted by Gasteiger charge is 2.24. The zero-order chi connectivity index (χ0) is 18.5. The molecule has 7 nitrogen and oxygen atoms in total. The second-order valence-corrected chi connectivity index (χ2v) is 6.40. The van der Waals surface area contributed by atoms with Crippen molar-refractivity contribution in [2.45, 2.75) is 13.0 Å². The van der Waals surface area contributed by atoms with Gasteiger partial charge in [0.2, 0.25) is 0 Å². The molecule has 0 aliphatic carbocycles. The van der Waals surface area contributed by atoms with Crippen LogP contribution in [0.5, 0.6) is 11.5 Å². The standard InChI is InChI=1S/C18H23ClN4O3.ClH/c1-4-25-17-13(19)9-12(10-15(17)24-3)5-6-16-21-18(22-26-16)14-11-20-7-8-23(14)2;/h5-6,9-10,14,20H,4,7-8,11H2,1-3H3;1H/b6-5+;. The number of ether oxygens (including phenoxy) is 2. The fourth-order valence-corrected chi connectivity index (χ4v) is 3.11. The SMILES string of the molecule is CCOc1c(Cl)cc(/C=C/c2nc(C3CNCCN3C)no2)cc1OC.Cl. The third kappa shape index (κ3) is 5.13. The van der Waals surface area contributed by atoms with Gasteiger partial charge in [-0.3, -0.25) is 4.90 Å². The Kier molecular flexibility index (Phi) is 7.91. The first-order chi connectivity index (χ1) is 12.6. The van der Waals surface area contributed by atoms with Gasteiger partial charge < -0.3 is 19.3 Å². The molecule has 0 amide bonds. The zero-order valence-electron chi connectivity index (χ0n) is 15.6. The summed E-state index contributed by atoms with van der Waals surface area (Å²) in [5, 5.41) is 7.94. The molecule has 1 aromatic heterocycles. The van der Waals surface area contributed by atoms with Crippen LogP contribution in [0.4, 0.5) is 0 Å². The summed E-state index contributed by atoms with van der Waals surface area (Å²) in [5.74, 6) is 2.26. The first-order valence-corrected chi connectivity index (χ1v) is 8.93. The molecule has 27 heavy (non-hydrogen) atoms. The first kappa shape index (κ1) is 21.5. The van der Waals surface area contributed by atoms with Crippen LogP contribution in [0.25, 0.3) is 12.2 Å². The van der Waals surface area contributed by atoms with Gasteiger partial charge in [0.05, 0.1) is 24.8 Å². The summed E-state index contributed by atoms with van der Waals surface area (Å²) in [7, 11) is 3.65. The maximum atomic E-state index is 6.29. The van der Waals surface area contributed by atoms with Crippen LogP contribution in [0, 0.1) is 0 Å². The summed E-state index contributed by atoms with van der Waals surface area (Å²) in [4.78, 5) is 6.69. The van der Waals surface area contributed by atoms with E-state index < -0.39 is 0 Å². The van der Waals surface area contributed by atoms with Crippen molar-refractivity contribution in [2.24, 2.45) is 0 Å². The molecule has 3 rings (SSSR count). The molecule has 1 N–H and O–H groups in total. The third-order valence-corrected chi connectivity index (χ3v) is 4.51. The van der Waals surface area contributed by atoms with Crippen molar-refractivity contribution >= 4 is 36.2 Å². The Bertz CT molecular complexity index is 782. The van der Waals surface area contributed by atoms with Crippen LogP contribution in [0.2, 0.25) is 5.02 Å². The zero-order valence-corrected chi connectivity index (χ0v) is 17.1. The quantitative estimate of drug-likeness (QED) is 0.776. The predicted molar refractivity (Wildman–Crippen MR) is 108 cm³/mol. The van der Waals surface area contributed by atoms with Gasteiger partial charge in [-0.15, -0.1) is 12.4 Å². The van der Waals surface area contributed by atoms with E-state index in [0.29, 0.717) is 34.8 Å². The van der Waals surface area contributed by atoms with Crippen LogP contribution in [-0.4, -0.2) is 55.4 Å². The van der Waals surface area contributed by atoms with E-state index in [1.165, 1.54) is 0 Å². The van der Waals surface area contributed by atoms with Crippen molar-refractivity contribution in [1.82, 2.24) is 20.4 Å². The summed E-state index contributed by atoms with van der Waals surface area (Å²) in [5.41, 5.74) is 0.853. The Balaban J connectivity index is 0.00000261. The normalized spacial score (nSPS) is 17.7. The summed E-state index contributed by atoms with van der Waals surface area (Å²) < 4.78 is 16.2. The average Bonchev–Trinajstić information content (AvgIpc) is 3.11. The Morgan fingerprint density at radius 1 is 1.41 bits per heavy atom. The number of hydrogen-bond donors (Lipinski definition) is 1. The number of benzene rings is 1. The van der Waals surface area contributed by atoms with Crippen LogP contribution < -0.4 is 14.8 Å². The highest BCUT2D eigenvalue weighted by molar-refractivity contribution is 6.32. The molecule has 0 bridgehead atoms. The number of piperazine rings is 1. The number of hydrogen-bond acceptors (Lipinski definition) is 7. The summed E-state index contributed by atoms with van der Waals surface area (Å²) in [6, 6.07) is 3.78. The number of likely N-dealkylation sites (N-methyl/N-ethyl adjacent to an activating group) is 1. The smallest absolute Gasteiger partial charge is 0.250 e. The fourth-order valence-electron chi connectivity index (χ4n) is 2.83. The molecule has 2 aromatic rings. The lowest BCUT2D eigenvalue weighted by atomic mass is 10.2. The van der Waals surface area contributed by atoms with E-state index in [1.54, 1.807) is 13.2 Å². The molecule has 0 radical (unpaired) electrons. The van der Waals surface area contributed by atoms with Crippen molar-refractivity contribution in [2.75, 3.05) is 40.4 Å². The van der Waals surface area contributed by atoms with E-state index in [0.717, 1.165) is 25.2 Å². The third-order valence-electron chi connectivity index (χ3n) is 4.23. The Labute approximate surface area is 170 Å². The maximum absolute atomic E-state index is 6.29. The van der Waals surface area contributed by atoms with E-state index in [9.17, 15) is 0 Å². The molecule has 1 aromatic carbocycles. The highest BCUT2D eigenvalue weighted by atomic mass is 35.5. The van der Waals surface area contributed by atoms with E-state index in [-0.39, 0.29) is 18.4 Å². The van der Waals surface area contributed by atoms with Gasteiger partial charge in [-0.1, -0.05) is 16.8 Å². The number of methoxy groups -OCH3 is 1. The summed E-state index contributed by atoms with van der Waals surface area (Å²) >= 11 is 6.29. The van der Waals surface area contributed by atoms with E-state index >= 15 is 0 Å². The molecule has 2 heterocycles. The topological polar surface area (TPSA) is 72.7 Å². The van der Waals surface area contributed by atoms with Crippen molar-refractivity contribution in [3.63, 3.8) is 0 Å². The van der Waals surface area contributed by atoms with Crippen LogP contribution >= 0.6 is 24.0 Å². The van der Waals surface area contributed by atoms with Gasteiger partial charge in [0.1, 0.15) is 0 Å². The van der Waals surface area contributed by atoms with E-state index in [2.05, 4.69) is 27.4 Å². The monoisotopic (exact) mass is 414 g/mol. The fraction of sp³-hybridized carbons (Fsp3) is 0.444. The van der Waals surface area contributed by atoms with Gasteiger partial charge in [-0.25, -0.2) is 0 Å². The van der Waals surface area contributed by atoms with Gasteiger partial charge in [0, 0.05) is 25.7 Å². The minimum absolute atomic E-state index is 0. The predicted octanol–water partition coefficient (Wildman–Crippen LogP) is 3.30. The molecule has 1 saturated heterocycles. The molecule has 148 valence electrons. The average molecular weight is 415 g/mol. The minimum Gasteiger partial charge on any atom is -0.493 e. The molecular weight excluding hydrogens is 391 g/mol. The molecule has 1 atom stereocenters. The van der Waals surface area contributed by atoms with Crippen molar-refractivity contribution in [3.05, 3.63) is 34.4 Å². The number of rotatable bonds is 6.